The van der Waals surface area contributed by atoms with Gasteiger partial charge in [0.2, 0.25) is 0 Å². The van der Waals surface area contributed by atoms with Crippen LogP contribution in [0.3, 0.4) is 0 Å². The monoisotopic (exact) mass is 376 g/mol. The van der Waals surface area contributed by atoms with Gasteiger partial charge in [0.15, 0.2) is 0 Å². The van der Waals surface area contributed by atoms with Crippen molar-refractivity contribution in [2.45, 2.75) is 6.92 Å². The van der Waals surface area contributed by atoms with Crippen LogP contribution in [0.5, 0.6) is 0 Å². The molecular formula is C21H17FN4O2. The smallest absolute Gasteiger partial charge is 0.271 e. The summed E-state index contributed by atoms with van der Waals surface area (Å²) in [5, 5.41) is 6.83. The molecule has 0 radical (unpaired) electrons. The van der Waals surface area contributed by atoms with Crippen molar-refractivity contribution >= 4 is 23.2 Å². The molecule has 28 heavy (non-hydrogen) atoms. The number of nitrogens with zero attached hydrogens (tertiary/aromatic N) is 2. The first kappa shape index (κ1) is 18.9. The molecule has 7 heteroatoms. The fourth-order valence-corrected chi connectivity index (χ4v) is 2.37. The van der Waals surface area contributed by atoms with E-state index >= 15 is 0 Å². The highest BCUT2D eigenvalue weighted by atomic mass is 19.1. The van der Waals surface area contributed by atoms with E-state index in [0.29, 0.717) is 22.5 Å². The van der Waals surface area contributed by atoms with E-state index in [0.717, 1.165) is 5.56 Å². The maximum Gasteiger partial charge on any atom is 0.271 e. The number of hydrazone groups is 1. The minimum Gasteiger partial charge on any atom is -0.322 e. The second-order valence-electron chi connectivity index (χ2n) is 5.91. The Hall–Kier alpha value is -3.87. The summed E-state index contributed by atoms with van der Waals surface area (Å²) in [6.07, 6.45) is 3.06. The lowest BCUT2D eigenvalue weighted by Crippen LogP contribution is -2.19. The van der Waals surface area contributed by atoms with Gasteiger partial charge in [-0.2, -0.15) is 5.10 Å². The number of rotatable bonds is 5. The van der Waals surface area contributed by atoms with Gasteiger partial charge in [-0.15, -0.1) is 0 Å². The van der Waals surface area contributed by atoms with Gasteiger partial charge in [-0.05, 0) is 61.0 Å². The molecule has 0 atom stereocenters. The summed E-state index contributed by atoms with van der Waals surface area (Å²) in [4.78, 5) is 28.0. The van der Waals surface area contributed by atoms with Crippen LogP contribution in [0.4, 0.5) is 10.1 Å². The Morgan fingerprint density at radius 2 is 1.39 bits per heavy atom. The van der Waals surface area contributed by atoms with E-state index in [2.05, 4.69) is 20.8 Å². The molecule has 1 heterocycles. The van der Waals surface area contributed by atoms with Crippen molar-refractivity contribution in [3.05, 3.63) is 95.6 Å². The largest absolute Gasteiger partial charge is 0.322 e. The molecule has 3 rings (SSSR count). The molecule has 2 aromatic carbocycles. The molecule has 0 unspecified atom stereocenters. The number of benzene rings is 2. The first-order chi connectivity index (χ1) is 13.5. The van der Waals surface area contributed by atoms with Crippen molar-refractivity contribution in [2.24, 2.45) is 5.10 Å². The number of nitrogens with one attached hydrogen (secondary N) is 2. The van der Waals surface area contributed by atoms with Crippen molar-refractivity contribution in [1.82, 2.24) is 10.4 Å². The summed E-state index contributed by atoms with van der Waals surface area (Å²) in [5.41, 5.74) is 5.30. The Kier molecular flexibility index (Phi) is 5.86. The third-order valence-electron chi connectivity index (χ3n) is 3.93. The molecule has 140 valence electrons. The maximum atomic E-state index is 12.9. The number of pyridine rings is 1. The summed E-state index contributed by atoms with van der Waals surface area (Å²) in [6, 6.07) is 15.5. The molecule has 0 aliphatic rings. The number of anilines is 1. The van der Waals surface area contributed by atoms with Gasteiger partial charge in [0.05, 0.1) is 5.71 Å². The van der Waals surface area contributed by atoms with Gasteiger partial charge >= 0.3 is 0 Å². The maximum absolute atomic E-state index is 12.9. The lowest BCUT2D eigenvalue weighted by molar-refractivity contribution is 0.0953. The first-order valence-electron chi connectivity index (χ1n) is 8.45. The second-order valence-corrected chi connectivity index (χ2v) is 5.91. The lowest BCUT2D eigenvalue weighted by atomic mass is 10.1. The zero-order chi connectivity index (χ0) is 19.9. The SMILES string of the molecule is C/C(=N\NC(=O)c1ccncc1)c1ccc(NC(=O)c2ccc(F)cc2)cc1. The Bertz CT molecular complexity index is 1000. The van der Waals surface area contributed by atoms with Gasteiger partial charge in [0, 0.05) is 29.2 Å². The summed E-state index contributed by atoms with van der Waals surface area (Å²) in [6.45, 7) is 1.76. The molecule has 0 aliphatic heterocycles. The average molecular weight is 376 g/mol. The second kappa shape index (κ2) is 8.68. The van der Waals surface area contributed by atoms with Crippen LogP contribution in [0.1, 0.15) is 33.2 Å². The highest BCUT2D eigenvalue weighted by Gasteiger charge is 2.07. The first-order valence-corrected chi connectivity index (χ1v) is 8.45. The van der Waals surface area contributed by atoms with Crippen LogP contribution in [0.25, 0.3) is 0 Å². The van der Waals surface area contributed by atoms with Crippen molar-refractivity contribution in [1.29, 1.82) is 0 Å². The van der Waals surface area contributed by atoms with Crippen LogP contribution < -0.4 is 10.7 Å². The Labute approximate surface area is 161 Å². The molecule has 0 spiro atoms. The van der Waals surface area contributed by atoms with Gasteiger partial charge < -0.3 is 5.32 Å². The zero-order valence-corrected chi connectivity index (χ0v) is 15.0. The highest BCUT2D eigenvalue weighted by molar-refractivity contribution is 6.05. The van der Waals surface area contributed by atoms with Crippen molar-refractivity contribution in [2.75, 3.05) is 5.32 Å². The number of hydrogen-bond donors (Lipinski definition) is 2. The lowest BCUT2D eigenvalue weighted by Gasteiger charge is -2.07. The predicted molar refractivity (Wildman–Crippen MR) is 105 cm³/mol. The van der Waals surface area contributed by atoms with E-state index in [1.54, 1.807) is 43.3 Å². The summed E-state index contributed by atoms with van der Waals surface area (Å²) in [7, 11) is 0. The molecule has 0 bridgehead atoms. The van der Waals surface area contributed by atoms with Crippen LogP contribution in [0.2, 0.25) is 0 Å². The van der Waals surface area contributed by atoms with Crippen molar-refractivity contribution < 1.29 is 14.0 Å². The molecule has 2 amide bonds. The molecule has 0 fully saturated rings. The fourth-order valence-electron chi connectivity index (χ4n) is 2.37. The standard InChI is InChI=1S/C21H17FN4O2/c1-14(25-26-21(28)17-10-12-23-13-11-17)15-4-8-19(9-5-15)24-20(27)16-2-6-18(22)7-3-16/h2-13H,1H3,(H,24,27)(H,26,28)/b25-14+. The van der Waals surface area contributed by atoms with Gasteiger partial charge in [-0.25, -0.2) is 9.82 Å². The normalized spacial score (nSPS) is 11.0. The topological polar surface area (TPSA) is 83.4 Å². The van der Waals surface area contributed by atoms with Crippen LogP contribution in [-0.4, -0.2) is 22.5 Å². The number of carbonyl (C=O) groups is 2. The van der Waals surface area contributed by atoms with Gasteiger partial charge in [0.25, 0.3) is 11.8 Å². The number of hydrogen-bond acceptors (Lipinski definition) is 4. The summed E-state index contributed by atoms with van der Waals surface area (Å²) >= 11 is 0. The molecule has 1 aromatic heterocycles. The molecule has 0 saturated heterocycles. The molecular weight excluding hydrogens is 359 g/mol. The third kappa shape index (κ3) is 4.85. The van der Waals surface area contributed by atoms with Crippen molar-refractivity contribution in [3.63, 3.8) is 0 Å². The number of halogens is 1. The van der Waals surface area contributed by atoms with E-state index in [9.17, 15) is 14.0 Å². The molecule has 2 N–H and O–H groups in total. The highest BCUT2D eigenvalue weighted by Crippen LogP contribution is 2.13. The molecule has 3 aromatic rings. The van der Waals surface area contributed by atoms with Gasteiger partial charge in [0.1, 0.15) is 5.82 Å². The minimum absolute atomic E-state index is 0.329. The Morgan fingerprint density at radius 1 is 0.821 bits per heavy atom. The van der Waals surface area contributed by atoms with Crippen LogP contribution in [-0.2, 0) is 0 Å². The van der Waals surface area contributed by atoms with Crippen LogP contribution in [0.15, 0.2) is 78.2 Å². The Morgan fingerprint density at radius 3 is 2.04 bits per heavy atom. The number of carbonyl (C=O) groups excluding carboxylic acids is 2. The fraction of sp³-hybridized carbons (Fsp3) is 0.0476. The van der Waals surface area contributed by atoms with Crippen LogP contribution in [0, 0.1) is 5.82 Å². The van der Waals surface area contributed by atoms with Gasteiger partial charge in [-0.1, -0.05) is 12.1 Å². The van der Waals surface area contributed by atoms with Gasteiger partial charge in [-0.3, -0.25) is 14.6 Å². The third-order valence-corrected chi connectivity index (χ3v) is 3.93. The summed E-state index contributed by atoms with van der Waals surface area (Å²) < 4.78 is 12.9. The molecule has 0 aliphatic carbocycles. The van der Waals surface area contributed by atoms with E-state index < -0.39 is 5.82 Å². The number of amides is 2. The van der Waals surface area contributed by atoms with E-state index in [4.69, 9.17) is 0 Å². The zero-order valence-electron chi connectivity index (χ0n) is 15.0. The van der Waals surface area contributed by atoms with E-state index in [1.165, 1.54) is 36.7 Å². The average Bonchev–Trinajstić information content (AvgIpc) is 2.73. The minimum atomic E-state index is -0.397. The summed E-state index contributed by atoms with van der Waals surface area (Å²) in [5.74, 6) is -1.06. The van der Waals surface area contributed by atoms with Crippen LogP contribution >= 0.6 is 0 Å². The molecule has 0 saturated carbocycles. The molecule has 6 nitrogen and oxygen atoms in total. The van der Waals surface area contributed by atoms with E-state index in [-0.39, 0.29) is 11.8 Å². The Balaban J connectivity index is 1.62. The number of aromatic nitrogens is 1. The quantitative estimate of drug-likeness (QED) is 0.527. The predicted octanol–water partition coefficient (Wildman–Crippen LogP) is 3.63. The van der Waals surface area contributed by atoms with Crippen molar-refractivity contribution in [3.8, 4) is 0 Å². The van der Waals surface area contributed by atoms with E-state index in [1.807, 2.05) is 0 Å².